The first-order chi connectivity index (χ1) is 52.0. The molecule has 9 aromatic heterocycles. The Morgan fingerprint density at radius 2 is 0.623 bits per heavy atom. The first-order valence-electron chi connectivity index (χ1n) is 39.3. The zero-order valence-corrected chi connectivity index (χ0v) is 77.8. The number of esters is 1. The third-order valence-electron chi connectivity index (χ3n) is 16.8. The molecule has 0 spiro atoms. The van der Waals surface area contributed by atoms with Gasteiger partial charge in [-0.25, -0.2) is 14.8 Å². The number of hydrogen-bond donors (Lipinski definition) is 1. The molecule has 0 aliphatic carbocycles. The summed E-state index contributed by atoms with van der Waals surface area (Å²) in [6.45, 7) is 82.4. The summed E-state index contributed by atoms with van der Waals surface area (Å²) < 4.78 is 9.51. The fourth-order valence-electron chi connectivity index (χ4n) is 9.06. The molecule has 17 nitrogen and oxygen atoms in total. The highest BCUT2D eigenvalue weighted by atomic mass is 16.5. The van der Waals surface area contributed by atoms with Crippen LogP contribution in [0.5, 0.6) is 5.88 Å². The molecule has 114 heavy (non-hydrogen) atoms. The average molecular weight is 1560 g/mol. The number of hydrogen-bond acceptors (Lipinski definition) is 17. The third kappa shape index (κ3) is 41.9. The van der Waals surface area contributed by atoms with Crippen molar-refractivity contribution in [1.82, 2.24) is 70.1 Å². The number of pyridine rings is 5. The maximum Gasteiger partial charge on any atom is 0.356 e. The van der Waals surface area contributed by atoms with Gasteiger partial charge in [-0.3, -0.25) is 54.8 Å². The lowest BCUT2D eigenvalue weighted by Gasteiger charge is -2.26. The van der Waals surface area contributed by atoms with Crippen molar-refractivity contribution in [1.29, 1.82) is 0 Å². The first kappa shape index (κ1) is 102. The summed E-state index contributed by atoms with van der Waals surface area (Å²) in [5.74, 6) is 0.166. The molecule has 0 amide bonds. The molecule has 17 heteroatoms. The van der Waals surface area contributed by atoms with E-state index in [1.807, 2.05) is 96.2 Å². The molecule has 1 aliphatic rings. The monoisotopic (exact) mass is 1560 g/mol. The molecule has 0 unspecified atom stereocenters. The molecule has 0 aromatic carbocycles. The van der Waals surface area contributed by atoms with Crippen molar-refractivity contribution < 1.29 is 14.3 Å². The number of dihydropyridines is 1. The number of aryl methyl sites for hydroxylation is 7. The van der Waals surface area contributed by atoms with Crippen LogP contribution in [0.3, 0.4) is 0 Å². The predicted octanol–water partition coefficient (Wildman–Crippen LogP) is 23.5. The fourth-order valence-corrected chi connectivity index (χ4v) is 9.06. The van der Waals surface area contributed by atoms with Crippen molar-refractivity contribution in [2.45, 2.75) is 305 Å². The number of nitrogens with zero attached hydrogens (tertiary/aromatic N) is 13. The van der Waals surface area contributed by atoms with Gasteiger partial charge in [0.15, 0.2) is 0 Å². The van der Waals surface area contributed by atoms with Crippen LogP contribution in [0.4, 0.5) is 0 Å². The van der Waals surface area contributed by atoms with Gasteiger partial charge in [0.1, 0.15) is 5.69 Å². The van der Waals surface area contributed by atoms with E-state index in [1.165, 1.54) is 35.1 Å². The Labute approximate surface area is 690 Å². The van der Waals surface area contributed by atoms with Crippen LogP contribution in [0.2, 0.25) is 0 Å². The number of allylic oxidation sites excluding steroid dienone is 4. The first-order valence-corrected chi connectivity index (χ1v) is 39.3. The molecule has 0 radical (unpaired) electrons. The summed E-state index contributed by atoms with van der Waals surface area (Å²) in [6.07, 6.45) is 29.6. The molecule has 622 valence electrons. The molecular formula is C97H146N14O3. The maximum absolute atomic E-state index is 11.2. The molecule has 10 rings (SSSR count). The van der Waals surface area contributed by atoms with Crippen molar-refractivity contribution in [3.05, 3.63) is 274 Å². The fraction of sp³-hybridized carbons (Fsp3) is 0.505. The second-order valence-electron chi connectivity index (χ2n) is 38.9. The minimum Gasteiger partial charge on any atom is -0.480 e. The lowest BCUT2D eigenvalue weighted by molar-refractivity contribution is 0.0593. The second kappa shape index (κ2) is 44.9. The van der Waals surface area contributed by atoms with Crippen LogP contribution in [0, 0.1) is 53.9 Å². The summed E-state index contributed by atoms with van der Waals surface area (Å²) in [4.78, 5) is 65.9. The van der Waals surface area contributed by atoms with Crippen molar-refractivity contribution in [3.63, 3.8) is 0 Å². The van der Waals surface area contributed by atoms with Crippen LogP contribution >= 0.6 is 0 Å². The van der Waals surface area contributed by atoms with E-state index in [4.69, 9.17) is 4.74 Å². The van der Waals surface area contributed by atoms with Gasteiger partial charge in [-0.2, -0.15) is 0 Å². The van der Waals surface area contributed by atoms with Gasteiger partial charge in [-0.15, -0.1) is 0 Å². The number of rotatable bonds is 2. The highest BCUT2D eigenvalue weighted by molar-refractivity contribution is 5.87. The summed E-state index contributed by atoms with van der Waals surface area (Å²) >= 11 is 0. The lowest BCUT2D eigenvalue weighted by atomic mass is 9.87. The molecular weight excluding hydrogens is 1410 g/mol. The summed E-state index contributed by atoms with van der Waals surface area (Å²) in [5.41, 5.74) is 21.7. The Hall–Kier alpha value is -9.64. The quantitative estimate of drug-likeness (QED) is 0.159. The standard InChI is InChI=1S/C11H15NO2.5C10H15N.C9H14N2O.3C9H14N2/c1-11(2,3)8-5-6-12-9(7-8)10(13)14-4;2*1-8-7-9(5-6-11-8)10(2,3)4;2*1-8-5-6-9(11-7-8)10(2,3)4;1-8-6-5-7-9(11-8)10(2,3)4;1-9(2,3)7-5-11-8(12-4)6-10-7;3*1-7-5-11-8(6-10-7)9(2,3)4/h5-7H,1-4H3;4*5-7H,1-4H3;5-7,11H,1H2,2-4H3;5-6H,1-4H3;3*5-6H,1-4H3. The van der Waals surface area contributed by atoms with Gasteiger partial charge < -0.3 is 14.8 Å². The molecule has 1 N–H and O–H groups in total. The summed E-state index contributed by atoms with van der Waals surface area (Å²) in [5, 5.41) is 3.24. The lowest BCUT2D eigenvalue weighted by Crippen LogP contribution is -2.24. The van der Waals surface area contributed by atoms with Gasteiger partial charge in [0, 0.05) is 140 Å². The smallest absolute Gasteiger partial charge is 0.356 e. The van der Waals surface area contributed by atoms with E-state index in [9.17, 15) is 4.79 Å². The van der Waals surface area contributed by atoms with E-state index >= 15 is 0 Å². The van der Waals surface area contributed by atoms with Crippen molar-refractivity contribution in [3.8, 4) is 5.88 Å². The number of carbonyl (C=O) groups is 1. The number of aromatic nitrogens is 13. The van der Waals surface area contributed by atoms with Crippen LogP contribution in [0.25, 0.3) is 0 Å². The van der Waals surface area contributed by atoms with Crippen molar-refractivity contribution >= 4 is 5.97 Å². The van der Waals surface area contributed by atoms with Crippen LogP contribution in [0.15, 0.2) is 177 Å². The van der Waals surface area contributed by atoms with Gasteiger partial charge in [0.05, 0.1) is 66.5 Å². The highest BCUT2D eigenvalue weighted by Crippen LogP contribution is 2.28. The minimum absolute atomic E-state index is 0.0196. The van der Waals surface area contributed by atoms with Gasteiger partial charge in [0.2, 0.25) is 5.88 Å². The highest BCUT2D eigenvalue weighted by Gasteiger charge is 2.22. The average Bonchev–Trinajstić information content (AvgIpc) is 0.886. The van der Waals surface area contributed by atoms with Crippen LogP contribution in [-0.4, -0.2) is 85.0 Å². The van der Waals surface area contributed by atoms with E-state index < -0.39 is 5.97 Å². The maximum atomic E-state index is 11.2. The Kier molecular flexibility index (Phi) is 40.3. The van der Waals surface area contributed by atoms with E-state index in [0.717, 1.165) is 73.9 Å². The normalized spacial score (nSPS) is 12.1. The predicted molar refractivity (Wildman–Crippen MR) is 478 cm³/mol. The zero-order valence-electron chi connectivity index (χ0n) is 77.8. The molecule has 0 saturated heterocycles. The van der Waals surface area contributed by atoms with Crippen molar-refractivity contribution in [2.24, 2.45) is 5.41 Å². The largest absolute Gasteiger partial charge is 0.480 e. The number of nitrogens with one attached hydrogen (secondary N) is 1. The topological polar surface area (TPSA) is 215 Å². The number of methoxy groups -OCH3 is 2. The van der Waals surface area contributed by atoms with Crippen LogP contribution in [0.1, 0.15) is 309 Å². The van der Waals surface area contributed by atoms with Gasteiger partial charge in [-0.05, 0) is 153 Å². The van der Waals surface area contributed by atoms with E-state index in [1.54, 1.807) is 50.4 Å². The SMILES string of the molecule is C=C1C=CC=C(C(C)(C)C)N1.COC(=O)c1cc(C(C)(C)C)ccn1.COc1cnc(C(C)(C)C)cn1.Cc1cc(C(C)(C)C)ccn1.Cc1cc(C(C)(C)C)ccn1.Cc1ccc(C(C)(C)C)nc1.Cc1ccc(C(C)(C)C)nc1.Cc1cnc(C(C)(C)C)cn1.Cc1cnc(C(C)(C)C)cn1.Cc1cnc(C(C)(C)C)cn1. The Morgan fingerprint density at radius 3 is 0.842 bits per heavy atom. The summed E-state index contributed by atoms with van der Waals surface area (Å²) in [6, 6.07) is 20.5. The second-order valence-corrected chi connectivity index (χ2v) is 38.9. The Balaban J connectivity index is 0.000000634. The minimum atomic E-state index is -0.393. The number of ether oxygens (including phenoxy) is 2. The summed E-state index contributed by atoms with van der Waals surface area (Å²) in [7, 11) is 2.94. The molecule has 1 aliphatic heterocycles. The third-order valence-corrected chi connectivity index (χ3v) is 16.8. The molecule has 10 heterocycles. The van der Waals surface area contributed by atoms with Crippen LogP contribution in [-0.2, 0) is 53.5 Å². The van der Waals surface area contributed by atoms with Gasteiger partial charge in [0.25, 0.3) is 0 Å². The molecule has 0 bridgehead atoms. The Morgan fingerprint density at radius 1 is 0.316 bits per heavy atom. The number of carbonyl (C=O) groups excluding carboxylic acids is 1. The molecule has 0 saturated carbocycles. The molecule has 0 fully saturated rings. The zero-order chi connectivity index (χ0) is 87.8. The van der Waals surface area contributed by atoms with E-state index in [2.05, 4.69) is 358 Å². The van der Waals surface area contributed by atoms with Crippen LogP contribution < -0.4 is 10.1 Å². The van der Waals surface area contributed by atoms with E-state index in [-0.39, 0.29) is 54.1 Å². The molecule has 9 aromatic rings. The molecule has 0 atom stereocenters. The van der Waals surface area contributed by atoms with Gasteiger partial charge in [-0.1, -0.05) is 232 Å². The van der Waals surface area contributed by atoms with Gasteiger partial charge >= 0.3 is 5.97 Å². The van der Waals surface area contributed by atoms with E-state index in [0.29, 0.717) is 11.6 Å². The van der Waals surface area contributed by atoms with Crippen molar-refractivity contribution in [2.75, 3.05) is 14.2 Å². The Bertz CT molecular complexity index is 3970.